The predicted molar refractivity (Wildman–Crippen MR) is 95.2 cm³/mol. The molecule has 1 aliphatic carbocycles. The van der Waals surface area contributed by atoms with Gasteiger partial charge in [0.1, 0.15) is 0 Å². The lowest BCUT2D eigenvalue weighted by atomic mass is 9.84. The Hall–Kier alpha value is -1.77. The first kappa shape index (κ1) is 18.3. The number of nitrogens with two attached hydrogens (primary N) is 1. The maximum atomic E-state index is 11.7. The smallest absolute Gasteiger partial charge is 0.225 e. The summed E-state index contributed by atoms with van der Waals surface area (Å²) in [7, 11) is 0. The molecule has 0 spiro atoms. The van der Waals surface area contributed by atoms with Crippen LogP contribution in [0.3, 0.4) is 0 Å². The molecular weight excluding hydrogens is 272 g/mol. The van der Waals surface area contributed by atoms with Crippen LogP contribution in [0.2, 0.25) is 0 Å². The quantitative estimate of drug-likeness (QED) is 0.864. The van der Waals surface area contributed by atoms with E-state index in [2.05, 4.69) is 29.7 Å². The molecule has 3 nitrogen and oxygen atoms in total. The number of amides is 1. The van der Waals surface area contributed by atoms with Crippen molar-refractivity contribution in [1.29, 1.82) is 0 Å². The molecule has 1 heterocycles. The second-order valence-electron chi connectivity index (χ2n) is 4.97. The van der Waals surface area contributed by atoms with Gasteiger partial charge in [0.15, 0.2) is 0 Å². The predicted octanol–water partition coefficient (Wildman–Crippen LogP) is 4.62. The van der Waals surface area contributed by atoms with E-state index in [0.29, 0.717) is 0 Å². The Morgan fingerprint density at radius 3 is 2.45 bits per heavy atom. The fourth-order valence-electron chi connectivity index (χ4n) is 3.31. The van der Waals surface area contributed by atoms with Crippen LogP contribution in [0.5, 0.6) is 0 Å². The summed E-state index contributed by atoms with van der Waals surface area (Å²) >= 11 is 0. The Balaban J connectivity index is 0.000000561. The van der Waals surface area contributed by atoms with Crippen molar-refractivity contribution in [2.45, 2.75) is 66.3 Å². The molecule has 0 saturated heterocycles. The van der Waals surface area contributed by atoms with Gasteiger partial charge in [-0.05, 0) is 37.8 Å². The van der Waals surface area contributed by atoms with E-state index in [1.165, 1.54) is 22.2 Å². The molecule has 0 radical (unpaired) electrons. The normalized spacial score (nSPS) is 16.0. The van der Waals surface area contributed by atoms with Crippen LogP contribution in [0.25, 0.3) is 10.9 Å². The minimum absolute atomic E-state index is 0.105. The van der Waals surface area contributed by atoms with Crippen molar-refractivity contribution in [3.63, 3.8) is 0 Å². The monoisotopic (exact) mass is 302 g/mol. The van der Waals surface area contributed by atoms with Crippen molar-refractivity contribution in [3.05, 3.63) is 35.5 Å². The van der Waals surface area contributed by atoms with Crippen LogP contribution in [-0.2, 0) is 17.8 Å². The number of aromatic nitrogens is 1. The summed E-state index contributed by atoms with van der Waals surface area (Å²) in [6.45, 7) is 11.1. The topological polar surface area (TPSA) is 48.0 Å². The second-order valence-corrected chi connectivity index (χ2v) is 4.97. The fourth-order valence-corrected chi connectivity index (χ4v) is 3.31. The molecule has 1 atom stereocenters. The molecule has 22 heavy (non-hydrogen) atoms. The highest BCUT2D eigenvalue weighted by molar-refractivity contribution is 5.93. The Labute approximate surface area is 134 Å². The Kier molecular flexibility index (Phi) is 7.16. The van der Waals surface area contributed by atoms with Crippen LogP contribution in [0.1, 0.15) is 64.6 Å². The van der Waals surface area contributed by atoms with Gasteiger partial charge in [0.05, 0.1) is 5.92 Å². The first-order valence-corrected chi connectivity index (χ1v) is 8.63. The van der Waals surface area contributed by atoms with Gasteiger partial charge in [-0.25, -0.2) is 0 Å². The zero-order chi connectivity index (χ0) is 16.7. The van der Waals surface area contributed by atoms with Crippen molar-refractivity contribution in [3.8, 4) is 0 Å². The number of carbonyl (C=O) groups excluding carboxylic acids is 1. The van der Waals surface area contributed by atoms with Crippen LogP contribution in [-0.4, -0.2) is 10.5 Å². The standard InChI is InChI=1S/C15H18N2O.2C2H6/c1-2-17-12-8-4-3-6-10(12)14-11(15(16)18)7-5-9-13(14)17;2*1-2/h3-4,6,8,11H,2,5,7,9H2,1H3,(H2,16,18);2*1-2H3. The molecule has 3 heteroatoms. The third-order valence-electron chi connectivity index (χ3n) is 4.04. The van der Waals surface area contributed by atoms with Crippen LogP contribution in [0.15, 0.2) is 24.3 Å². The number of hydrogen-bond donors (Lipinski definition) is 1. The number of aryl methyl sites for hydroxylation is 1. The van der Waals surface area contributed by atoms with Crippen LogP contribution in [0, 0.1) is 0 Å². The molecule has 1 aromatic carbocycles. The highest BCUT2D eigenvalue weighted by atomic mass is 16.1. The molecular formula is C19H30N2O. The SMILES string of the molecule is CC.CC.CCn1c2c(c3ccccc31)C(C(N)=O)CCC2. The van der Waals surface area contributed by atoms with Gasteiger partial charge in [0.25, 0.3) is 0 Å². The maximum absolute atomic E-state index is 11.7. The zero-order valence-corrected chi connectivity index (χ0v) is 14.6. The highest BCUT2D eigenvalue weighted by Gasteiger charge is 2.29. The van der Waals surface area contributed by atoms with Crippen LogP contribution >= 0.6 is 0 Å². The fraction of sp³-hybridized carbons (Fsp3) is 0.526. The van der Waals surface area contributed by atoms with Crippen molar-refractivity contribution in [2.75, 3.05) is 0 Å². The summed E-state index contributed by atoms with van der Waals surface area (Å²) in [5, 5.41) is 1.21. The molecule has 1 aromatic heterocycles. The number of nitrogens with zero attached hydrogens (tertiary/aromatic N) is 1. The van der Waals surface area contributed by atoms with Gasteiger partial charge in [0.2, 0.25) is 5.91 Å². The number of carbonyl (C=O) groups is 1. The van der Waals surface area contributed by atoms with Crippen molar-refractivity contribution >= 4 is 16.8 Å². The van der Waals surface area contributed by atoms with E-state index in [1.807, 2.05) is 33.8 Å². The first-order chi connectivity index (χ1) is 10.7. The van der Waals surface area contributed by atoms with E-state index < -0.39 is 0 Å². The average Bonchev–Trinajstić information content (AvgIpc) is 2.92. The number of fused-ring (bicyclic) bond motifs is 3. The van der Waals surface area contributed by atoms with E-state index in [9.17, 15) is 4.79 Å². The van der Waals surface area contributed by atoms with Gasteiger partial charge < -0.3 is 10.3 Å². The number of benzene rings is 1. The van der Waals surface area contributed by atoms with E-state index in [0.717, 1.165) is 25.8 Å². The lowest BCUT2D eigenvalue weighted by Crippen LogP contribution is -2.25. The van der Waals surface area contributed by atoms with E-state index in [1.54, 1.807) is 0 Å². The van der Waals surface area contributed by atoms with Crippen molar-refractivity contribution in [2.24, 2.45) is 5.73 Å². The van der Waals surface area contributed by atoms with Gasteiger partial charge >= 0.3 is 0 Å². The third kappa shape index (κ3) is 3.18. The first-order valence-electron chi connectivity index (χ1n) is 8.63. The molecule has 1 unspecified atom stereocenters. The van der Waals surface area contributed by atoms with E-state index >= 15 is 0 Å². The molecule has 0 aliphatic heterocycles. The van der Waals surface area contributed by atoms with Gasteiger partial charge in [-0.1, -0.05) is 45.9 Å². The van der Waals surface area contributed by atoms with Crippen LogP contribution in [0.4, 0.5) is 0 Å². The van der Waals surface area contributed by atoms with Gasteiger partial charge in [0, 0.05) is 23.1 Å². The molecule has 0 saturated carbocycles. The van der Waals surface area contributed by atoms with Crippen molar-refractivity contribution < 1.29 is 4.79 Å². The summed E-state index contributed by atoms with van der Waals surface area (Å²) < 4.78 is 2.33. The summed E-state index contributed by atoms with van der Waals surface area (Å²) in [5.41, 5.74) is 9.31. The summed E-state index contributed by atoms with van der Waals surface area (Å²) in [6.07, 6.45) is 3.00. The summed E-state index contributed by atoms with van der Waals surface area (Å²) in [4.78, 5) is 11.7. The van der Waals surface area contributed by atoms with E-state index in [-0.39, 0.29) is 11.8 Å². The molecule has 2 N–H and O–H groups in total. The molecule has 2 aromatic rings. The minimum atomic E-state index is -0.185. The molecule has 0 bridgehead atoms. The van der Waals surface area contributed by atoms with Gasteiger partial charge in [-0.3, -0.25) is 4.79 Å². The molecule has 0 fully saturated rings. The molecule has 1 amide bonds. The highest BCUT2D eigenvalue weighted by Crippen LogP contribution is 2.38. The van der Waals surface area contributed by atoms with Crippen molar-refractivity contribution in [1.82, 2.24) is 4.57 Å². The number of hydrogen-bond acceptors (Lipinski definition) is 1. The molecule has 1 aliphatic rings. The summed E-state index contributed by atoms with van der Waals surface area (Å²) in [5.74, 6) is -0.290. The Morgan fingerprint density at radius 2 is 1.86 bits per heavy atom. The maximum Gasteiger partial charge on any atom is 0.225 e. The average molecular weight is 302 g/mol. The minimum Gasteiger partial charge on any atom is -0.369 e. The molecule has 3 rings (SSSR count). The second kappa shape index (κ2) is 8.62. The Bertz CT molecular complexity index is 613. The third-order valence-corrected chi connectivity index (χ3v) is 4.04. The summed E-state index contributed by atoms with van der Waals surface area (Å²) in [6, 6.07) is 8.34. The number of primary amides is 1. The number of rotatable bonds is 2. The Morgan fingerprint density at radius 1 is 1.23 bits per heavy atom. The number of para-hydroxylation sites is 1. The largest absolute Gasteiger partial charge is 0.369 e. The van der Waals surface area contributed by atoms with Gasteiger partial charge in [-0.15, -0.1) is 0 Å². The molecule has 122 valence electrons. The van der Waals surface area contributed by atoms with Gasteiger partial charge in [-0.2, -0.15) is 0 Å². The zero-order valence-electron chi connectivity index (χ0n) is 14.6. The van der Waals surface area contributed by atoms with Crippen LogP contribution < -0.4 is 5.73 Å². The lowest BCUT2D eigenvalue weighted by molar-refractivity contribution is -0.119. The lowest BCUT2D eigenvalue weighted by Gasteiger charge is -2.21. The van der Waals surface area contributed by atoms with E-state index in [4.69, 9.17) is 5.73 Å².